The van der Waals surface area contributed by atoms with E-state index in [2.05, 4.69) is 20.9 Å². The Kier molecular flexibility index (Phi) is 3.66. The summed E-state index contributed by atoms with van der Waals surface area (Å²) in [6.45, 7) is 3.92. The molecule has 4 heteroatoms. The zero-order valence-electron chi connectivity index (χ0n) is 10.3. The average molecular weight is 308 g/mol. The Morgan fingerprint density at radius 3 is 2.78 bits per heavy atom. The van der Waals surface area contributed by atoms with Gasteiger partial charge in [0.1, 0.15) is 0 Å². The fourth-order valence-corrected chi connectivity index (χ4v) is 2.24. The van der Waals surface area contributed by atoms with E-state index in [0.29, 0.717) is 11.8 Å². The second-order valence-corrected chi connectivity index (χ2v) is 5.66. The molecule has 0 amide bonds. The molecule has 0 fully saturated rings. The molecule has 1 aromatic carbocycles. The molecular weight excluding hydrogens is 294 g/mol. The van der Waals surface area contributed by atoms with Gasteiger partial charge in [0.2, 0.25) is 0 Å². The molecule has 1 N–H and O–H groups in total. The molecule has 18 heavy (non-hydrogen) atoms. The van der Waals surface area contributed by atoms with E-state index in [-0.39, 0.29) is 22.7 Å². The summed E-state index contributed by atoms with van der Waals surface area (Å²) in [5, 5.41) is 0.541. The lowest BCUT2D eigenvalue weighted by molar-refractivity contribution is 0.0966. The van der Waals surface area contributed by atoms with Crippen LogP contribution < -0.4 is 5.43 Å². The second-order valence-electron chi connectivity index (χ2n) is 4.74. The number of rotatable bonds is 3. The molecule has 2 aromatic rings. The number of hydrogen-bond donors (Lipinski definition) is 1. The van der Waals surface area contributed by atoms with Gasteiger partial charge in [-0.15, -0.1) is 0 Å². The molecule has 0 saturated heterocycles. The van der Waals surface area contributed by atoms with Crippen LogP contribution in [0.15, 0.2) is 33.7 Å². The number of fused-ring (bicyclic) bond motifs is 1. The number of nitrogens with one attached hydrogen (secondary N) is 1. The molecule has 1 aromatic heterocycles. The van der Waals surface area contributed by atoms with Crippen LogP contribution in [0.5, 0.6) is 0 Å². The number of halogens is 1. The Morgan fingerprint density at radius 2 is 2.11 bits per heavy atom. The summed E-state index contributed by atoms with van der Waals surface area (Å²) in [5.41, 5.74) is 0.786. The maximum atomic E-state index is 12.2. The Hall–Kier alpha value is -1.42. The molecule has 3 nitrogen and oxygen atoms in total. The van der Waals surface area contributed by atoms with Crippen LogP contribution in [0.1, 0.15) is 30.6 Å². The summed E-state index contributed by atoms with van der Waals surface area (Å²) in [6.07, 6.45) is 1.91. The predicted octanol–water partition coefficient (Wildman–Crippen LogP) is 3.52. The van der Waals surface area contributed by atoms with Gasteiger partial charge in [0, 0.05) is 28.0 Å². The molecule has 0 aliphatic carbocycles. The fraction of sp³-hybridized carbons (Fsp3) is 0.286. The number of benzene rings is 1. The van der Waals surface area contributed by atoms with Gasteiger partial charge >= 0.3 is 0 Å². The summed E-state index contributed by atoms with van der Waals surface area (Å²) in [5.74, 6) is 0.142. The number of carbonyl (C=O) groups excluding carboxylic acids is 1. The Balaban J connectivity index is 2.57. The molecule has 1 heterocycles. The van der Waals surface area contributed by atoms with Crippen LogP contribution in [0.2, 0.25) is 0 Å². The van der Waals surface area contributed by atoms with Crippen LogP contribution in [-0.2, 0) is 0 Å². The van der Waals surface area contributed by atoms with Crippen molar-refractivity contribution < 1.29 is 4.79 Å². The molecular formula is C14H14BrNO2. The number of pyridine rings is 1. The lowest BCUT2D eigenvalue weighted by Gasteiger charge is -2.05. The summed E-state index contributed by atoms with van der Waals surface area (Å²) >= 11 is 3.33. The minimum Gasteiger partial charge on any atom is -0.360 e. The van der Waals surface area contributed by atoms with E-state index in [1.807, 2.05) is 26.0 Å². The minimum absolute atomic E-state index is 0.104. The highest BCUT2D eigenvalue weighted by Gasteiger charge is 2.14. The molecule has 0 saturated carbocycles. The number of hydrogen-bond acceptors (Lipinski definition) is 2. The summed E-state index contributed by atoms with van der Waals surface area (Å²) in [7, 11) is 0. The first-order valence-electron chi connectivity index (χ1n) is 5.83. The zero-order chi connectivity index (χ0) is 13.3. The second kappa shape index (κ2) is 5.06. The van der Waals surface area contributed by atoms with Gasteiger partial charge in [-0.05, 0) is 24.1 Å². The Bertz CT molecular complexity index is 658. The third-order valence-corrected chi connectivity index (χ3v) is 3.23. The molecule has 0 aliphatic heterocycles. The van der Waals surface area contributed by atoms with Crippen molar-refractivity contribution in [1.82, 2.24) is 4.98 Å². The molecule has 0 atom stereocenters. The van der Waals surface area contributed by atoms with Crippen molar-refractivity contribution in [2.45, 2.75) is 20.3 Å². The van der Waals surface area contributed by atoms with Crippen LogP contribution in [0.25, 0.3) is 10.9 Å². The maximum absolute atomic E-state index is 12.2. The van der Waals surface area contributed by atoms with Crippen molar-refractivity contribution in [3.63, 3.8) is 0 Å². The first-order chi connectivity index (χ1) is 8.49. The Labute approximate surface area is 113 Å². The van der Waals surface area contributed by atoms with Crippen molar-refractivity contribution in [2.75, 3.05) is 0 Å². The topological polar surface area (TPSA) is 49.9 Å². The van der Waals surface area contributed by atoms with Gasteiger partial charge in [-0.3, -0.25) is 9.59 Å². The number of carbonyl (C=O) groups is 1. The van der Waals surface area contributed by atoms with E-state index in [1.165, 1.54) is 6.20 Å². The number of aromatic nitrogens is 1. The lowest BCUT2D eigenvalue weighted by Crippen LogP contribution is -2.17. The third kappa shape index (κ3) is 2.53. The van der Waals surface area contributed by atoms with Crippen LogP contribution in [0.4, 0.5) is 0 Å². The fourth-order valence-electron chi connectivity index (χ4n) is 1.88. The quantitative estimate of drug-likeness (QED) is 0.882. The number of ketones is 1. The van der Waals surface area contributed by atoms with Crippen molar-refractivity contribution in [1.29, 1.82) is 0 Å². The first-order valence-corrected chi connectivity index (χ1v) is 6.62. The molecule has 0 radical (unpaired) electrons. The van der Waals surface area contributed by atoms with Crippen LogP contribution in [-0.4, -0.2) is 10.8 Å². The van der Waals surface area contributed by atoms with E-state index in [4.69, 9.17) is 0 Å². The normalized spacial score (nSPS) is 11.1. The third-order valence-electron chi connectivity index (χ3n) is 2.74. The average Bonchev–Trinajstić information content (AvgIpc) is 2.29. The minimum atomic E-state index is -0.198. The van der Waals surface area contributed by atoms with Crippen LogP contribution in [0.3, 0.4) is 0 Å². The monoisotopic (exact) mass is 307 g/mol. The van der Waals surface area contributed by atoms with Crippen molar-refractivity contribution in [2.24, 2.45) is 5.92 Å². The molecule has 94 valence electrons. The smallest absolute Gasteiger partial charge is 0.200 e. The van der Waals surface area contributed by atoms with Crippen molar-refractivity contribution >= 4 is 32.6 Å². The molecule has 0 aliphatic rings. The van der Waals surface area contributed by atoms with Gasteiger partial charge in [-0.25, -0.2) is 0 Å². The largest absolute Gasteiger partial charge is 0.360 e. The lowest BCUT2D eigenvalue weighted by atomic mass is 10.0. The highest BCUT2D eigenvalue weighted by molar-refractivity contribution is 9.10. The Morgan fingerprint density at radius 1 is 1.39 bits per heavy atom. The van der Waals surface area contributed by atoms with Crippen LogP contribution >= 0.6 is 15.9 Å². The van der Waals surface area contributed by atoms with E-state index in [9.17, 15) is 9.59 Å². The van der Waals surface area contributed by atoms with Gasteiger partial charge in [0.05, 0.1) is 5.56 Å². The van der Waals surface area contributed by atoms with Gasteiger partial charge in [0.25, 0.3) is 0 Å². The SMILES string of the molecule is CC(C)CC(=O)c1c[nH]c2ccc(Br)cc2c1=O. The highest BCUT2D eigenvalue weighted by atomic mass is 79.9. The highest BCUT2D eigenvalue weighted by Crippen LogP contribution is 2.16. The molecule has 0 unspecified atom stereocenters. The van der Waals surface area contributed by atoms with Gasteiger partial charge in [0.15, 0.2) is 11.2 Å². The van der Waals surface area contributed by atoms with E-state index < -0.39 is 0 Å². The van der Waals surface area contributed by atoms with Gasteiger partial charge in [-0.2, -0.15) is 0 Å². The summed E-state index contributed by atoms with van der Waals surface area (Å²) in [6, 6.07) is 5.41. The molecule has 0 bridgehead atoms. The van der Waals surface area contributed by atoms with Gasteiger partial charge < -0.3 is 4.98 Å². The van der Waals surface area contributed by atoms with Crippen LogP contribution in [0, 0.1) is 5.92 Å². The van der Waals surface area contributed by atoms with E-state index >= 15 is 0 Å². The summed E-state index contributed by atoms with van der Waals surface area (Å²) < 4.78 is 0.828. The molecule has 2 rings (SSSR count). The number of Topliss-reactive ketones (excluding diaryl/α,β-unsaturated/α-hetero) is 1. The van der Waals surface area contributed by atoms with Crippen molar-refractivity contribution in [3.8, 4) is 0 Å². The maximum Gasteiger partial charge on any atom is 0.200 e. The molecule has 0 spiro atoms. The number of H-pyrrole nitrogens is 1. The van der Waals surface area contributed by atoms with E-state index in [1.54, 1.807) is 6.07 Å². The van der Waals surface area contributed by atoms with Crippen molar-refractivity contribution in [3.05, 3.63) is 44.7 Å². The zero-order valence-corrected chi connectivity index (χ0v) is 11.9. The van der Waals surface area contributed by atoms with E-state index in [0.717, 1.165) is 9.99 Å². The number of aromatic amines is 1. The standard InChI is InChI=1S/C14H14BrNO2/c1-8(2)5-13(17)11-7-16-12-4-3-9(15)6-10(12)14(11)18/h3-4,6-8H,5H2,1-2H3,(H,16,18). The first kappa shape index (κ1) is 13.0. The van der Waals surface area contributed by atoms with Gasteiger partial charge in [-0.1, -0.05) is 29.8 Å². The predicted molar refractivity (Wildman–Crippen MR) is 76.1 cm³/mol. The summed E-state index contributed by atoms with van der Waals surface area (Å²) in [4.78, 5) is 27.2.